The van der Waals surface area contributed by atoms with Crippen molar-refractivity contribution in [3.05, 3.63) is 50.6 Å². The molecule has 0 fully saturated rings. The van der Waals surface area contributed by atoms with Gasteiger partial charge >= 0.3 is 8.64 Å². The molecule has 0 aliphatic rings. The molecule has 102 valence electrons. The van der Waals surface area contributed by atoms with E-state index >= 15 is 0 Å². The maximum Gasteiger partial charge on any atom is 0.336 e. The van der Waals surface area contributed by atoms with Crippen molar-refractivity contribution >= 4 is 17.0 Å². The zero-order chi connectivity index (χ0) is 14.1. The van der Waals surface area contributed by atoms with Crippen LogP contribution in [-0.2, 0) is 4.12 Å². The highest BCUT2D eigenvalue weighted by atomic mass is 28.4. The normalized spacial score (nSPS) is 11.9. The van der Waals surface area contributed by atoms with Crippen molar-refractivity contribution in [1.29, 1.82) is 0 Å². The third-order valence-corrected chi connectivity index (χ3v) is 10.1. The summed E-state index contributed by atoms with van der Waals surface area (Å²) < 4.78 is 6.22. The van der Waals surface area contributed by atoms with Gasteiger partial charge in [0.1, 0.15) is 0 Å². The van der Waals surface area contributed by atoms with Gasteiger partial charge in [0.05, 0.1) is 0 Å². The van der Waals surface area contributed by atoms with Gasteiger partial charge in [-0.05, 0) is 30.6 Å². The second-order valence-electron chi connectivity index (χ2n) is 4.55. The van der Waals surface area contributed by atoms with Crippen LogP contribution in [0.25, 0.3) is 0 Å². The van der Waals surface area contributed by atoms with E-state index in [2.05, 4.69) is 26.3 Å². The van der Waals surface area contributed by atoms with E-state index in [4.69, 9.17) is 14.9 Å². The molecule has 3 nitrogen and oxygen atoms in total. The van der Waals surface area contributed by atoms with E-state index in [1.807, 2.05) is 24.3 Å². The molecule has 0 aliphatic carbocycles. The first kappa shape index (κ1) is 17.3. The monoisotopic (exact) mass is 282 g/mol. The first-order valence-corrected chi connectivity index (χ1v) is 11.0. The summed E-state index contributed by atoms with van der Waals surface area (Å²) in [5, 5.41) is 12.3. The fourth-order valence-corrected chi connectivity index (χ4v) is 9.31. The minimum atomic E-state index is -2.62. The maximum atomic E-state index is 6.22. The van der Waals surface area contributed by atoms with E-state index in [0.29, 0.717) is 6.04 Å². The van der Waals surface area contributed by atoms with E-state index in [0.717, 1.165) is 24.6 Å². The number of allylic oxidation sites excluding steroid dienone is 4. The molecule has 0 aromatic carbocycles. The average molecular weight is 283 g/mol. The molecule has 0 unspecified atom stereocenters. The molecular weight excluding hydrogens is 256 g/mol. The predicted molar refractivity (Wildman–Crippen MR) is 85.6 cm³/mol. The molecule has 0 rings (SSSR count). The fourth-order valence-electron chi connectivity index (χ4n) is 1.95. The summed E-state index contributed by atoms with van der Waals surface area (Å²) in [6, 6.07) is 3.16. The van der Waals surface area contributed by atoms with E-state index in [9.17, 15) is 0 Å². The minimum absolute atomic E-state index is 0.691. The van der Waals surface area contributed by atoms with Crippen molar-refractivity contribution in [3.8, 4) is 0 Å². The molecule has 0 spiro atoms. The smallest absolute Gasteiger partial charge is 0.336 e. The molecular formula is C13H26N2OSi2. The van der Waals surface area contributed by atoms with Crippen molar-refractivity contribution in [3.63, 3.8) is 0 Å². The van der Waals surface area contributed by atoms with Crippen LogP contribution < -0.4 is 10.8 Å². The largest absolute Gasteiger partial charge is 0.432 e. The summed E-state index contributed by atoms with van der Waals surface area (Å²) >= 11 is 0. The maximum absolute atomic E-state index is 6.22. The van der Waals surface area contributed by atoms with Crippen molar-refractivity contribution in [2.75, 3.05) is 0 Å². The molecule has 0 aromatic rings. The van der Waals surface area contributed by atoms with Gasteiger partial charge < -0.3 is 14.9 Å². The summed E-state index contributed by atoms with van der Waals surface area (Å²) in [5.74, 6) is 0. The molecule has 0 aromatic heterocycles. The van der Waals surface area contributed by atoms with Crippen LogP contribution in [0.5, 0.6) is 0 Å². The molecule has 18 heavy (non-hydrogen) atoms. The zero-order valence-electron chi connectivity index (χ0n) is 11.2. The molecule has 0 bridgehead atoms. The first-order valence-electron chi connectivity index (χ1n) is 6.17. The molecule has 0 aliphatic heterocycles. The highest BCUT2D eigenvalue weighted by Gasteiger charge is 2.39. The molecule has 0 atom stereocenters. The highest BCUT2D eigenvalue weighted by molar-refractivity contribution is 6.85. The first-order chi connectivity index (χ1) is 8.45. The third-order valence-electron chi connectivity index (χ3n) is 2.69. The van der Waals surface area contributed by atoms with Gasteiger partial charge in [-0.1, -0.05) is 24.3 Å². The van der Waals surface area contributed by atoms with Crippen LogP contribution in [0.1, 0.15) is 6.42 Å². The quantitative estimate of drug-likeness (QED) is 0.452. The summed E-state index contributed by atoms with van der Waals surface area (Å²) in [6.07, 6.45) is 8.27. The Balaban J connectivity index is 4.92. The third kappa shape index (κ3) is 6.27. The van der Waals surface area contributed by atoms with E-state index in [1.54, 1.807) is 0 Å². The number of rotatable bonds is 11. The fraction of sp³-hybridized carbons (Fsp3) is 0.385. The van der Waals surface area contributed by atoms with Gasteiger partial charge in [0.2, 0.25) is 0 Å². The van der Waals surface area contributed by atoms with Crippen molar-refractivity contribution in [1.82, 2.24) is 0 Å². The minimum Gasteiger partial charge on any atom is -0.432 e. The van der Waals surface area contributed by atoms with Crippen LogP contribution in [0.3, 0.4) is 0 Å². The summed E-state index contributed by atoms with van der Waals surface area (Å²) in [4.78, 5) is 0. The Hall–Kier alpha value is -0.726. The van der Waals surface area contributed by atoms with Crippen LogP contribution >= 0.6 is 0 Å². The SMILES string of the molecule is C=CCC[Si](N)(N)O[Si](CC=C)(CC=C)CC=C. The summed E-state index contributed by atoms with van der Waals surface area (Å²) in [5.41, 5.74) is 0. The lowest BCUT2D eigenvalue weighted by molar-refractivity contribution is 0.518. The van der Waals surface area contributed by atoms with Crippen molar-refractivity contribution in [2.45, 2.75) is 30.6 Å². The summed E-state index contributed by atoms with van der Waals surface area (Å²) in [6.45, 7) is 15.1. The summed E-state index contributed by atoms with van der Waals surface area (Å²) in [7, 11) is -4.68. The number of nitrogens with two attached hydrogens (primary N) is 2. The molecule has 0 amide bonds. The zero-order valence-corrected chi connectivity index (χ0v) is 13.2. The number of hydrogen-bond donors (Lipinski definition) is 2. The second-order valence-corrected chi connectivity index (χ2v) is 11.4. The van der Waals surface area contributed by atoms with Gasteiger partial charge in [-0.2, -0.15) is 0 Å². The van der Waals surface area contributed by atoms with Gasteiger partial charge in [-0.3, -0.25) is 0 Å². The highest BCUT2D eigenvalue weighted by Crippen LogP contribution is 2.26. The van der Waals surface area contributed by atoms with Gasteiger partial charge in [0.25, 0.3) is 0 Å². The molecule has 0 saturated heterocycles. The van der Waals surface area contributed by atoms with E-state index < -0.39 is 17.0 Å². The van der Waals surface area contributed by atoms with Crippen LogP contribution in [0.4, 0.5) is 0 Å². The Kier molecular flexibility index (Phi) is 8.05. The average Bonchev–Trinajstić information content (AvgIpc) is 2.27. The van der Waals surface area contributed by atoms with E-state index in [-0.39, 0.29) is 0 Å². The predicted octanol–water partition coefficient (Wildman–Crippen LogP) is 2.94. The molecule has 0 heterocycles. The van der Waals surface area contributed by atoms with E-state index in [1.165, 1.54) is 0 Å². The van der Waals surface area contributed by atoms with Crippen molar-refractivity contribution in [2.24, 2.45) is 10.8 Å². The standard InChI is InChI=1S/C13H26N2OSi2/c1-5-9-13-18(14,15)16-17(10-6-2,11-7-3)12-8-4/h5-8H,1-4,9-15H2. The van der Waals surface area contributed by atoms with Crippen molar-refractivity contribution < 1.29 is 4.12 Å². The Bertz CT molecular complexity index is 277. The van der Waals surface area contributed by atoms with Crippen LogP contribution in [0.15, 0.2) is 50.6 Å². The number of hydrogen-bond acceptors (Lipinski definition) is 3. The second kappa shape index (κ2) is 8.39. The molecule has 5 heteroatoms. The van der Waals surface area contributed by atoms with Gasteiger partial charge in [0.15, 0.2) is 8.32 Å². The Morgan fingerprint density at radius 3 is 1.61 bits per heavy atom. The Labute approximate surface area is 113 Å². The lowest BCUT2D eigenvalue weighted by Crippen LogP contribution is -2.64. The Morgan fingerprint density at radius 2 is 1.28 bits per heavy atom. The topological polar surface area (TPSA) is 61.3 Å². The molecule has 4 N–H and O–H groups in total. The lowest BCUT2D eigenvalue weighted by Gasteiger charge is -2.36. The molecule has 0 saturated carbocycles. The van der Waals surface area contributed by atoms with Crippen LogP contribution in [-0.4, -0.2) is 17.0 Å². The Morgan fingerprint density at radius 1 is 0.833 bits per heavy atom. The van der Waals surface area contributed by atoms with Gasteiger partial charge in [0, 0.05) is 0 Å². The van der Waals surface area contributed by atoms with Gasteiger partial charge in [-0.25, -0.2) is 0 Å². The lowest BCUT2D eigenvalue weighted by atomic mass is 10.5. The van der Waals surface area contributed by atoms with Crippen LogP contribution in [0.2, 0.25) is 24.2 Å². The van der Waals surface area contributed by atoms with Gasteiger partial charge in [-0.15, -0.1) is 26.3 Å². The van der Waals surface area contributed by atoms with Crippen LogP contribution in [0, 0.1) is 0 Å². The molecule has 0 radical (unpaired) electrons.